The standard InChI is InChI=1S/C8H14N2O3/c1-10-3-2-8(5-10,9-6-11)4-7(12)13/h6H,2-5H2,1H3,(H,9,11)(H,12,13). The SMILES string of the molecule is CN1CCC(CC(=O)O)(NC=O)C1. The summed E-state index contributed by atoms with van der Waals surface area (Å²) in [5.41, 5.74) is -0.553. The van der Waals surface area contributed by atoms with E-state index in [1.165, 1.54) is 0 Å². The first kappa shape index (κ1) is 9.98. The zero-order valence-electron chi connectivity index (χ0n) is 7.62. The van der Waals surface area contributed by atoms with Crippen LogP contribution in [-0.4, -0.2) is 48.1 Å². The van der Waals surface area contributed by atoms with E-state index in [0.29, 0.717) is 19.4 Å². The van der Waals surface area contributed by atoms with E-state index in [1.807, 2.05) is 11.9 Å². The molecule has 5 heteroatoms. The maximum Gasteiger partial charge on any atom is 0.305 e. The van der Waals surface area contributed by atoms with Gasteiger partial charge < -0.3 is 15.3 Å². The second kappa shape index (κ2) is 3.74. The van der Waals surface area contributed by atoms with E-state index in [2.05, 4.69) is 5.32 Å². The van der Waals surface area contributed by atoms with Crippen molar-refractivity contribution in [1.82, 2.24) is 10.2 Å². The summed E-state index contributed by atoms with van der Waals surface area (Å²) in [6.07, 6.45) is 1.28. The summed E-state index contributed by atoms with van der Waals surface area (Å²) < 4.78 is 0. The van der Waals surface area contributed by atoms with Gasteiger partial charge in [-0.2, -0.15) is 0 Å². The fourth-order valence-corrected chi connectivity index (χ4v) is 1.81. The van der Waals surface area contributed by atoms with Crippen LogP contribution in [0.4, 0.5) is 0 Å². The molecule has 5 nitrogen and oxygen atoms in total. The molecule has 1 heterocycles. The highest BCUT2D eigenvalue weighted by molar-refractivity contribution is 5.69. The fraction of sp³-hybridized carbons (Fsp3) is 0.750. The van der Waals surface area contributed by atoms with Crippen LogP contribution in [0, 0.1) is 0 Å². The molecule has 0 aliphatic carbocycles. The molecular formula is C8H14N2O3. The van der Waals surface area contributed by atoms with E-state index in [1.54, 1.807) is 0 Å². The van der Waals surface area contributed by atoms with Crippen molar-refractivity contribution >= 4 is 12.4 Å². The molecule has 1 atom stereocenters. The Morgan fingerprint density at radius 3 is 2.85 bits per heavy atom. The van der Waals surface area contributed by atoms with Gasteiger partial charge in [0.2, 0.25) is 6.41 Å². The lowest BCUT2D eigenvalue weighted by atomic mass is 9.94. The van der Waals surface area contributed by atoms with Crippen LogP contribution in [0.15, 0.2) is 0 Å². The van der Waals surface area contributed by atoms with Crippen molar-refractivity contribution in [2.45, 2.75) is 18.4 Å². The Balaban J connectivity index is 2.64. The van der Waals surface area contributed by atoms with Crippen LogP contribution in [0.1, 0.15) is 12.8 Å². The molecule has 0 saturated carbocycles. The van der Waals surface area contributed by atoms with Gasteiger partial charge in [-0.25, -0.2) is 0 Å². The van der Waals surface area contributed by atoms with Gasteiger partial charge in [0.05, 0.1) is 12.0 Å². The molecule has 1 unspecified atom stereocenters. The van der Waals surface area contributed by atoms with E-state index >= 15 is 0 Å². The van der Waals surface area contributed by atoms with E-state index < -0.39 is 11.5 Å². The highest BCUT2D eigenvalue weighted by atomic mass is 16.4. The first-order chi connectivity index (χ1) is 6.08. The van der Waals surface area contributed by atoms with Crippen LogP contribution < -0.4 is 5.32 Å². The van der Waals surface area contributed by atoms with Crippen molar-refractivity contribution in [2.24, 2.45) is 0 Å². The molecule has 1 fully saturated rings. The molecule has 0 aromatic heterocycles. The molecule has 0 aromatic carbocycles. The summed E-state index contributed by atoms with van der Waals surface area (Å²) in [7, 11) is 1.91. The second-order valence-corrected chi connectivity index (χ2v) is 3.60. The van der Waals surface area contributed by atoms with Crippen LogP contribution >= 0.6 is 0 Å². The molecule has 1 rings (SSSR count). The number of likely N-dealkylation sites (N-methyl/N-ethyl adjacent to an activating group) is 1. The first-order valence-electron chi connectivity index (χ1n) is 4.20. The van der Waals surface area contributed by atoms with E-state index in [9.17, 15) is 9.59 Å². The molecule has 0 bridgehead atoms. The largest absolute Gasteiger partial charge is 0.481 e. The van der Waals surface area contributed by atoms with Gasteiger partial charge in [-0.15, -0.1) is 0 Å². The third kappa shape index (κ3) is 2.42. The summed E-state index contributed by atoms with van der Waals surface area (Å²) in [5.74, 6) is -0.871. The minimum absolute atomic E-state index is 0.00389. The molecule has 0 spiro atoms. The van der Waals surface area contributed by atoms with Crippen LogP contribution in [0.5, 0.6) is 0 Å². The number of likely N-dealkylation sites (tertiary alicyclic amines) is 1. The molecule has 0 aromatic rings. The lowest BCUT2D eigenvalue weighted by Crippen LogP contribution is -2.48. The molecular weight excluding hydrogens is 172 g/mol. The molecule has 0 radical (unpaired) electrons. The summed E-state index contributed by atoms with van der Waals surface area (Å²) >= 11 is 0. The predicted octanol–water partition coefficient (Wildman–Crippen LogP) is -0.719. The van der Waals surface area contributed by atoms with Crippen molar-refractivity contribution in [2.75, 3.05) is 20.1 Å². The number of carbonyl (C=O) groups is 2. The number of amides is 1. The summed E-state index contributed by atoms with van der Waals surface area (Å²) in [6.45, 7) is 1.44. The third-order valence-electron chi connectivity index (χ3n) is 2.40. The number of rotatable bonds is 4. The average molecular weight is 186 g/mol. The fourth-order valence-electron chi connectivity index (χ4n) is 1.81. The highest BCUT2D eigenvalue weighted by Crippen LogP contribution is 2.23. The summed E-state index contributed by atoms with van der Waals surface area (Å²) in [6, 6.07) is 0. The van der Waals surface area contributed by atoms with Gasteiger partial charge in [0.1, 0.15) is 0 Å². The highest BCUT2D eigenvalue weighted by Gasteiger charge is 2.38. The third-order valence-corrected chi connectivity index (χ3v) is 2.40. The van der Waals surface area contributed by atoms with Crippen LogP contribution in [0.2, 0.25) is 0 Å². The van der Waals surface area contributed by atoms with Gasteiger partial charge in [0.15, 0.2) is 0 Å². The molecule has 1 amide bonds. The molecule has 1 aliphatic rings. The number of carbonyl (C=O) groups excluding carboxylic acids is 1. The van der Waals surface area contributed by atoms with Gasteiger partial charge in [-0.05, 0) is 13.5 Å². The van der Waals surface area contributed by atoms with Crippen molar-refractivity contribution in [3.63, 3.8) is 0 Å². The number of aliphatic carboxylic acids is 1. The smallest absolute Gasteiger partial charge is 0.305 e. The number of nitrogens with zero attached hydrogens (tertiary/aromatic N) is 1. The quantitative estimate of drug-likeness (QED) is 0.568. The Labute approximate surface area is 76.7 Å². The van der Waals surface area contributed by atoms with Gasteiger partial charge >= 0.3 is 5.97 Å². The normalized spacial score (nSPS) is 28.7. The molecule has 74 valence electrons. The Morgan fingerprint density at radius 1 is 1.77 bits per heavy atom. The monoisotopic (exact) mass is 186 g/mol. The number of hydrogen-bond acceptors (Lipinski definition) is 3. The molecule has 2 N–H and O–H groups in total. The average Bonchev–Trinajstić information content (AvgIpc) is 2.31. The summed E-state index contributed by atoms with van der Waals surface area (Å²) in [4.78, 5) is 22.9. The van der Waals surface area contributed by atoms with Gasteiger partial charge in [0.25, 0.3) is 0 Å². The molecule has 13 heavy (non-hydrogen) atoms. The number of hydrogen-bond donors (Lipinski definition) is 2. The molecule has 1 aliphatic heterocycles. The van der Waals surface area contributed by atoms with E-state index in [-0.39, 0.29) is 6.42 Å². The predicted molar refractivity (Wildman–Crippen MR) is 46.3 cm³/mol. The van der Waals surface area contributed by atoms with Crippen molar-refractivity contribution in [3.05, 3.63) is 0 Å². The maximum absolute atomic E-state index is 10.6. The van der Waals surface area contributed by atoms with Crippen molar-refractivity contribution in [1.29, 1.82) is 0 Å². The van der Waals surface area contributed by atoms with Crippen molar-refractivity contribution < 1.29 is 14.7 Å². The number of carboxylic acids is 1. The summed E-state index contributed by atoms with van der Waals surface area (Å²) in [5, 5.41) is 11.3. The first-order valence-corrected chi connectivity index (χ1v) is 4.20. The lowest BCUT2D eigenvalue weighted by molar-refractivity contribution is -0.138. The van der Waals surface area contributed by atoms with Crippen molar-refractivity contribution in [3.8, 4) is 0 Å². The number of nitrogens with one attached hydrogen (secondary N) is 1. The Kier molecular flexibility index (Phi) is 2.87. The Bertz CT molecular complexity index is 219. The van der Waals surface area contributed by atoms with Gasteiger partial charge in [0, 0.05) is 13.1 Å². The van der Waals surface area contributed by atoms with Crippen LogP contribution in [-0.2, 0) is 9.59 Å². The van der Waals surface area contributed by atoms with E-state index in [4.69, 9.17) is 5.11 Å². The Morgan fingerprint density at radius 2 is 2.46 bits per heavy atom. The maximum atomic E-state index is 10.6. The topological polar surface area (TPSA) is 69.6 Å². The van der Waals surface area contributed by atoms with Crippen LogP contribution in [0.25, 0.3) is 0 Å². The minimum atomic E-state index is -0.871. The van der Waals surface area contributed by atoms with Crippen LogP contribution in [0.3, 0.4) is 0 Å². The van der Waals surface area contributed by atoms with Gasteiger partial charge in [-0.1, -0.05) is 0 Å². The lowest BCUT2D eigenvalue weighted by Gasteiger charge is -2.26. The zero-order valence-corrected chi connectivity index (χ0v) is 7.62. The zero-order chi connectivity index (χ0) is 9.90. The van der Waals surface area contributed by atoms with E-state index in [0.717, 1.165) is 6.54 Å². The second-order valence-electron chi connectivity index (χ2n) is 3.60. The Hall–Kier alpha value is -1.10. The van der Waals surface area contributed by atoms with Gasteiger partial charge in [-0.3, -0.25) is 9.59 Å². The minimum Gasteiger partial charge on any atom is -0.481 e. The number of carboxylic acid groups (broad SMARTS) is 1. The molecule has 1 saturated heterocycles.